The third-order valence-corrected chi connectivity index (χ3v) is 19.4. The van der Waals surface area contributed by atoms with Gasteiger partial charge in [0.2, 0.25) is 0 Å². The SMILES string of the molecule is CC(C)(C)c1ccc(N(c2ccc(C(C)(C)C)cc2)c2ccc3c(c2)N(c2cccc4c2oc2ccccc24)c2cc(N(c4ccc(C(C)(C)C)cc4)c4ccc(C(C)(C)C)cc4)cc4c2B3c2cccc3c5c(n-4c23)-c2ccccc2C5(C)C)cc1. The second kappa shape index (κ2) is 19.0. The van der Waals surface area contributed by atoms with E-state index in [1.54, 1.807) is 0 Å². The second-order valence-electron chi connectivity index (χ2n) is 29.5. The van der Waals surface area contributed by atoms with Gasteiger partial charge in [-0.25, -0.2) is 0 Å². The largest absolute Gasteiger partial charge is 0.454 e. The predicted molar refractivity (Wildman–Crippen MR) is 372 cm³/mol. The maximum absolute atomic E-state index is 7.20. The Bertz CT molecular complexity index is 4630. The van der Waals surface area contributed by atoms with E-state index in [9.17, 15) is 0 Å². The molecule has 3 aliphatic rings. The van der Waals surface area contributed by atoms with Gasteiger partial charge in [0, 0.05) is 78.2 Å². The first-order valence-corrected chi connectivity index (χ1v) is 31.3. The molecule has 6 heteroatoms. The average molecular weight is 1130 g/mol. The van der Waals surface area contributed by atoms with Crippen LogP contribution in [0.15, 0.2) is 217 Å². The monoisotopic (exact) mass is 1130 g/mol. The number of hydrogen-bond donors (Lipinski definition) is 0. The summed E-state index contributed by atoms with van der Waals surface area (Å²) < 4.78 is 9.88. The van der Waals surface area contributed by atoms with Gasteiger partial charge >= 0.3 is 0 Å². The Hall–Kier alpha value is -9.00. The standard InChI is InChI=1S/C81H77BN4O/c1-77(2,3)50-29-37-54(38-30-50)83(55-39-31-51(32-40-55)78(4,5)6)58-45-46-65-68(47-58)85(67-27-20-23-61-60-21-16-18-28-71(60)87-76(61)67)69-48-59(84(56-41-33-52(34-42-56)79(7,8)9)57-43-35-53(36-44-57)80(10,11)12)49-70-73(69)82(65)66-26-19-24-63-72-75(86(70)74(63)66)62-22-15-17-25-64(62)81(72,13)14/h15-49H,1-14H3. The first-order chi connectivity index (χ1) is 41.4. The van der Waals surface area contributed by atoms with Gasteiger partial charge in [-0.15, -0.1) is 0 Å². The minimum atomic E-state index is -0.250. The molecule has 0 saturated heterocycles. The summed E-state index contributed by atoms with van der Waals surface area (Å²) in [5.41, 5.74) is 27.9. The van der Waals surface area contributed by atoms with Gasteiger partial charge in [-0.05, 0) is 156 Å². The number of hydrogen-bond acceptors (Lipinski definition) is 4. The van der Waals surface area contributed by atoms with Gasteiger partial charge < -0.3 is 23.7 Å². The Kier molecular flexibility index (Phi) is 11.9. The van der Waals surface area contributed by atoms with Crippen molar-refractivity contribution < 1.29 is 4.42 Å². The van der Waals surface area contributed by atoms with Gasteiger partial charge in [-0.3, -0.25) is 0 Å². The van der Waals surface area contributed by atoms with Gasteiger partial charge in [0.1, 0.15) is 5.58 Å². The molecule has 0 unspecified atom stereocenters. The van der Waals surface area contributed by atoms with Crippen LogP contribution in [-0.4, -0.2) is 11.3 Å². The summed E-state index contributed by atoms with van der Waals surface area (Å²) in [7, 11) is 0. The quantitative estimate of drug-likeness (QED) is 0.149. The van der Waals surface area contributed by atoms with Crippen molar-refractivity contribution in [3.8, 4) is 16.9 Å². The van der Waals surface area contributed by atoms with Crippen molar-refractivity contribution in [2.24, 2.45) is 0 Å². The lowest BCUT2D eigenvalue weighted by atomic mass is 9.33. The van der Waals surface area contributed by atoms with Crippen LogP contribution < -0.4 is 31.1 Å². The lowest BCUT2D eigenvalue weighted by molar-refractivity contribution is 0.590. The van der Waals surface area contributed by atoms with E-state index in [0.29, 0.717) is 0 Å². The first kappa shape index (κ1) is 54.6. The van der Waals surface area contributed by atoms with E-state index in [1.807, 2.05) is 0 Å². The smallest absolute Gasteiger partial charge is 0.252 e. The number of furan rings is 1. The third-order valence-electron chi connectivity index (χ3n) is 19.4. The molecule has 4 heterocycles. The molecule has 0 bridgehead atoms. The van der Waals surface area contributed by atoms with E-state index in [4.69, 9.17) is 4.42 Å². The molecule has 430 valence electrons. The van der Waals surface area contributed by atoms with Gasteiger partial charge in [0.25, 0.3) is 6.71 Å². The molecule has 1 aliphatic carbocycles. The number of anilines is 9. The molecular weight excluding hydrogens is 1060 g/mol. The fourth-order valence-corrected chi connectivity index (χ4v) is 14.7. The van der Waals surface area contributed by atoms with Crippen molar-refractivity contribution in [2.45, 2.75) is 124 Å². The fraction of sp³-hybridized carbons (Fsp3) is 0.235. The van der Waals surface area contributed by atoms with E-state index in [1.165, 1.54) is 77.6 Å². The van der Waals surface area contributed by atoms with Crippen LogP contribution in [0.5, 0.6) is 0 Å². The molecule has 0 amide bonds. The number of para-hydroxylation sites is 3. The molecule has 87 heavy (non-hydrogen) atoms. The van der Waals surface area contributed by atoms with E-state index in [-0.39, 0.29) is 33.8 Å². The van der Waals surface area contributed by atoms with Crippen molar-refractivity contribution >= 4 is 107 Å². The molecule has 5 nitrogen and oxygen atoms in total. The van der Waals surface area contributed by atoms with Crippen molar-refractivity contribution in [3.05, 3.63) is 246 Å². The van der Waals surface area contributed by atoms with Crippen LogP contribution in [0.4, 0.5) is 51.2 Å². The molecule has 12 aromatic rings. The maximum Gasteiger partial charge on any atom is 0.252 e. The van der Waals surface area contributed by atoms with Gasteiger partial charge in [0.15, 0.2) is 5.58 Å². The average Bonchev–Trinajstić information content (AvgIpc) is 1.59. The molecule has 0 N–H and O–H groups in total. The Morgan fingerprint density at radius 1 is 0.391 bits per heavy atom. The summed E-state index contributed by atoms with van der Waals surface area (Å²) in [6.07, 6.45) is 0. The van der Waals surface area contributed by atoms with E-state index in [2.05, 4.69) is 329 Å². The molecule has 0 spiro atoms. The topological polar surface area (TPSA) is 27.8 Å². The van der Waals surface area contributed by atoms with E-state index < -0.39 is 0 Å². The minimum Gasteiger partial charge on any atom is -0.454 e. The van der Waals surface area contributed by atoms with E-state index >= 15 is 0 Å². The highest BCUT2D eigenvalue weighted by Gasteiger charge is 2.48. The van der Waals surface area contributed by atoms with Gasteiger partial charge in [-0.1, -0.05) is 224 Å². The molecule has 0 saturated carbocycles. The van der Waals surface area contributed by atoms with Crippen LogP contribution in [0.1, 0.15) is 130 Å². The molecular formula is C81H77BN4O. The predicted octanol–water partition coefficient (Wildman–Crippen LogP) is 20.6. The molecule has 0 radical (unpaired) electrons. The lowest BCUT2D eigenvalue weighted by Gasteiger charge is -2.42. The highest BCUT2D eigenvalue weighted by molar-refractivity contribution is 7.00. The zero-order chi connectivity index (χ0) is 60.4. The Morgan fingerprint density at radius 3 is 1.41 bits per heavy atom. The summed E-state index contributed by atoms with van der Waals surface area (Å²) in [6, 6.07) is 81.0. The molecule has 0 atom stereocenters. The van der Waals surface area contributed by atoms with Crippen LogP contribution in [0.25, 0.3) is 49.8 Å². The summed E-state index contributed by atoms with van der Waals surface area (Å²) >= 11 is 0. The Labute approximate surface area is 514 Å². The number of aromatic nitrogens is 1. The lowest BCUT2D eigenvalue weighted by Crippen LogP contribution is -2.60. The normalized spacial score (nSPS) is 14.1. The number of nitrogens with zero attached hydrogens (tertiary/aromatic N) is 4. The van der Waals surface area contributed by atoms with Crippen LogP contribution in [0.2, 0.25) is 0 Å². The molecule has 2 aliphatic heterocycles. The second-order valence-corrected chi connectivity index (χ2v) is 29.5. The zero-order valence-electron chi connectivity index (χ0n) is 53.0. The van der Waals surface area contributed by atoms with Crippen LogP contribution in [0, 0.1) is 0 Å². The van der Waals surface area contributed by atoms with Crippen LogP contribution >= 0.6 is 0 Å². The van der Waals surface area contributed by atoms with Crippen LogP contribution in [-0.2, 0) is 27.1 Å². The first-order valence-electron chi connectivity index (χ1n) is 31.3. The van der Waals surface area contributed by atoms with Crippen molar-refractivity contribution in [2.75, 3.05) is 14.7 Å². The van der Waals surface area contributed by atoms with Crippen LogP contribution in [0.3, 0.4) is 0 Å². The summed E-state index contributed by atoms with van der Waals surface area (Å²) in [5.74, 6) is 0. The number of fused-ring (bicyclic) bond motifs is 12. The summed E-state index contributed by atoms with van der Waals surface area (Å²) in [6.45, 7) is 32.3. The summed E-state index contributed by atoms with van der Waals surface area (Å²) in [5, 5.41) is 3.49. The van der Waals surface area contributed by atoms with E-state index in [0.717, 1.165) is 73.1 Å². The fourth-order valence-electron chi connectivity index (χ4n) is 14.7. The van der Waals surface area contributed by atoms with Crippen molar-refractivity contribution in [1.82, 2.24) is 4.57 Å². The zero-order valence-corrected chi connectivity index (χ0v) is 53.0. The van der Waals surface area contributed by atoms with Gasteiger partial charge in [0.05, 0.1) is 17.1 Å². The van der Waals surface area contributed by atoms with Gasteiger partial charge in [-0.2, -0.15) is 0 Å². The maximum atomic E-state index is 7.20. The highest BCUT2D eigenvalue weighted by Crippen LogP contribution is 2.56. The molecule has 2 aromatic heterocycles. The third kappa shape index (κ3) is 8.48. The number of benzene rings is 10. The Morgan fingerprint density at radius 2 is 0.851 bits per heavy atom. The van der Waals surface area contributed by atoms with Crippen molar-refractivity contribution in [1.29, 1.82) is 0 Å². The van der Waals surface area contributed by atoms with Crippen molar-refractivity contribution in [3.63, 3.8) is 0 Å². The summed E-state index contributed by atoms with van der Waals surface area (Å²) in [4.78, 5) is 7.53. The number of rotatable bonds is 7. The molecule has 15 rings (SSSR count). The highest BCUT2D eigenvalue weighted by atomic mass is 16.3. The minimum absolute atomic E-state index is 0.00383. The molecule has 10 aromatic carbocycles. The Balaban J connectivity index is 1.08. The molecule has 0 fully saturated rings.